The van der Waals surface area contributed by atoms with E-state index in [1.807, 2.05) is 54.6 Å². The second kappa shape index (κ2) is 7.06. The van der Waals surface area contributed by atoms with Gasteiger partial charge in [-0.05, 0) is 29.3 Å². The first-order valence-corrected chi connectivity index (χ1v) is 7.89. The lowest BCUT2D eigenvalue weighted by Crippen LogP contribution is -2.16. The summed E-state index contributed by atoms with van der Waals surface area (Å²) < 4.78 is 0. The van der Waals surface area contributed by atoms with Crippen molar-refractivity contribution in [3.63, 3.8) is 0 Å². The molecule has 0 fully saturated rings. The Kier molecular flexibility index (Phi) is 4.66. The van der Waals surface area contributed by atoms with Crippen LogP contribution >= 0.6 is 0 Å². The fourth-order valence-electron chi connectivity index (χ4n) is 2.84. The zero-order valence-electron chi connectivity index (χ0n) is 14.0. The molecule has 0 radical (unpaired) electrons. The smallest absolute Gasteiger partial charge is 0.338 e. The van der Waals surface area contributed by atoms with Crippen LogP contribution in [0.1, 0.15) is 10.4 Å². The molecule has 0 aliphatic heterocycles. The summed E-state index contributed by atoms with van der Waals surface area (Å²) in [6.45, 7) is 0. The molecule has 6 heteroatoms. The number of nitro groups is 1. The SMILES string of the molecule is CN(c1ccc(-c2ccccc2)cc1)c1c(C(=O)O)cccc1[N+](=O)[O-]. The lowest BCUT2D eigenvalue weighted by Gasteiger charge is -2.21. The van der Waals surface area contributed by atoms with Gasteiger partial charge in [-0.15, -0.1) is 0 Å². The Morgan fingerprint density at radius 1 is 0.923 bits per heavy atom. The van der Waals surface area contributed by atoms with Crippen LogP contribution in [0.3, 0.4) is 0 Å². The predicted octanol–water partition coefficient (Wildman–Crippen LogP) is 4.73. The number of carbonyl (C=O) groups is 1. The van der Waals surface area contributed by atoms with E-state index in [1.54, 1.807) is 7.05 Å². The minimum absolute atomic E-state index is 0.0532. The van der Waals surface area contributed by atoms with Crippen molar-refractivity contribution in [2.45, 2.75) is 0 Å². The van der Waals surface area contributed by atoms with E-state index in [1.165, 1.54) is 23.1 Å². The number of nitrogens with zero attached hydrogens (tertiary/aromatic N) is 2. The molecule has 0 amide bonds. The van der Waals surface area contributed by atoms with E-state index in [0.29, 0.717) is 5.69 Å². The van der Waals surface area contributed by atoms with Crippen molar-refractivity contribution in [3.8, 4) is 11.1 Å². The van der Waals surface area contributed by atoms with Crippen LogP contribution in [0, 0.1) is 10.1 Å². The summed E-state index contributed by atoms with van der Waals surface area (Å²) in [5.74, 6) is -1.21. The third kappa shape index (κ3) is 3.25. The molecule has 0 aliphatic carbocycles. The second-order valence-electron chi connectivity index (χ2n) is 5.71. The monoisotopic (exact) mass is 348 g/mol. The Bertz CT molecular complexity index is 921. The highest BCUT2D eigenvalue weighted by Crippen LogP contribution is 2.36. The van der Waals surface area contributed by atoms with E-state index in [0.717, 1.165) is 11.1 Å². The van der Waals surface area contributed by atoms with Crippen molar-refractivity contribution in [1.29, 1.82) is 0 Å². The molecule has 0 aromatic heterocycles. The van der Waals surface area contributed by atoms with Gasteiger partial charge in [0.2, 0.25) is 0 Å². The van der Waals surface area contributed by atoms with Crippen LogP contribution in [0.15, 0.2) is 72.8 Å². The number of rotatable bonds is 5. The lowest BCUT2D eigenvalue weighted by atomic mass is 10.0. The summed E-state index contributed by atoms with van der Waals surface area (Å²) in [5, 5.41) is 20.8. The van der Waals surface area contributed by atoms with E-state index in [-0.39, 0.29) is 16.9 Å². The van der Waals surface area contributed by atoms with Crippen molar-refractivity contribution in [2.75, 3.05) is 11.9 Å². The number of carboxylic acids is 1. The number of para-hydroxylation sites is 1. The van der Waals surface area contributed by atoms with Gasteiger partial charge in [-0.3, -0.25) is 10.1 Å². The number of nitro benzene ring substituents is 1. The molecule has 0 unspecified atom stereocenters. The molecule has 3 rings (SSSR count). The number of anilines is 2. The summed E-state index contributed by atoms with van der Waals surface area (Å²) >= 11 is 0. The zero-order valence-corrected chi connectivity index (χ0v) is 14.0. The highest BCUT2D eigenvalue weighted by molar-refractivity contribution is 5.98. The topological polar surface area (TPSA) is 83.7 Å². The number of benzene rings is 3. The van der Waals surface area contributed by atoms with Gasteiger partial charge in [0, 0.05) is 18.8 Å². The minimum Gasteiger partial charge on any atom is -0.478 e. The first kappa shape index (κ1) is 17.2. The first-order chi connectivity index (χ1) is 12.5. The number of aromatic carboxylic acids is 1. The average Bonchev–Trinajstić information content (AvgIpc) is 2.67. The van der Waals surface area contributed by atoms with Crippen LogP contribution < -0.4 is 4.90 Å². The van der Waals surface area contributed by atoms with Gasteiger partial charge in [0.1, 0.15) is 5.69 Å². The van der Waals surface area contributed by atoms with Gasteiger partial charge in [0.05, 0.1) is 10.5 Å². The van der Waals surface area contributed by atoms with Crippen LogP contribution in [0.2, 0.25) is 0 Å². The van der Waals surface area contributed by atoms with Gasteiger partial charge in [-0.25, -0.2) is 4.79 Å². The maximum absolute atomic E-state index is 11.5. The van der Waals surface area contributed by atoms with Crippen molar-refractivity contribution in [2.24, 2.45) is 0 Å². The molecule has 1 N–H and O–H groups in total. The Labute approximate surface area is 150 Å². The Balaban J connectivity index is 2.03. The van der Waals surface area contributed by atoms with Gasteiger partial charge in [-0.2, -0.15) is 0 Å². The van der Waals surface area contributed by atoms with Gasteiger partial charge < -0.3 is 10.0 Å². The molecule has 0 saturated heterocycles. The lowest BCUT2D eigenvalue weighted by molar-refractivity contribution is -0.384. The molecule has 3 aromatic rings. The molecule has 0 heterocycles. The molecule has 0 saturated carbocycles. The molecule has 0 bridgehead atoms. The molecule has 0 aliphatic rings. The largest absolute Gasteiger partial charge is 0.478 e. The quantitative estimate of drug-likeness (QED) is 0.532. The summed E-state index contributed by atoms with van der Waals surface area (Å²) in [6, 6.07) is 21.3. The molecule has 26 heavy (non-hydrogen) atoms. The number of hydrogen-bond acceptors (Lipinski definition) is 4. The molecular weight excluding hydrogens is 332 g/mol. The molecular formula is C20H16N2O4. The van der Waals surface area contributed by atoms with Gasteiger partial charge in [0.15, 0.2) is 0 Å². The summed E-state index contributed by atoms with van der Waals surface area (Å²) in [6.07, 6.45) is 0. The molecule has 130 valence electrons. The molecule has 0 spiro atoms. The Hall–Kier alpha value is -3.67. The van der Waals surface area contributed by atoms with E-state index in [2.05, 4.69) is 0 Å². The van der Waals surface area contributed by atoms with Crippen LogP contribution in [0.4, 0.5) is 17.1 Å². The summed E-state index contributed by atoms with van der Waals surface area (Å²) in [5.41, 5.74) is 2.40. The zero-order chi connectivity index (χ0) is 18.7. The fourth-order valence-corrected chi connectivity index (χ4v) is 2.84. The number of carboxylic acid groups (broad SMARTS) is 1. The van der Waals surface area contributed by atoms with Crippen molar-refractivity contribution < 1.29 is 14.8 Å². The normalized spacial score (nSPS) is 10.3. The van der Waals surface area contributed by atoms with Gasteiger partial charge in [0.25, 0.3) is 5.69 Å². The van der Waals surface area contributed by atoms with Crippen molar-refractivity contribution in [1.82, 2.24) is 0 Å². The standard InChI is InChI=1S/C20H16N2O4/c1-21(19-17(20(23)24)8-5-9-18(19)22(25)26)16-12-10-15(11-13-16)14-6-3-2-4-7-14/h2-13H,1H3,(H,23,24). The van der Waals surface area contributed by atoms with Crippen molar-refractivity contribution in [3.05, 3.63) is 88.5 Å². The molecule has 0 atom stereocenters. The fraction of sp³-hybridized carbons (Fsp3) is 0.0500. The summed E-state index contributed by atoms with van der Waals surface area (Å²) in [7, 11) is 1.62. The second-order valence-corrected chi connectivity index (χ2v) is 5.71. The Morgan fingerprint density at radius 2 is 1.54 bits per heavy atom. The third-order valence-electron chi connectivity index (χ3n) is 4.14. The van der Waals surface area contributed by atoms with Crippen molar-refractivity contribution >= 4 is 23.0 Å². The van der Waals surface area contributed by atoms with E-state index >= 15 is 0 Å². The van der Waals surface area contributed by atoms with Crippen LogP contribution in [-0.4, -0.2) is 23.0 Å². The maximum Gasteiger partial charge on any atom is 0.338 e. The Morgan fingerprint density at radius 3 is 2.12 bits per heavy atom. The van der Waals surface area contributed by atoms with E-state index < -0.39 is 10.9 Å². The van der Waals surface area contributed by atoms with Crippen LogP contribution in [0.25, 0.3) is 11.1 Å². The van der Waals surface area contributed by atoms with E-state index in [4.69, 9.17) is 0 Å². The van der Waals surface area contributed by atoms with E-state index in [9.17, 15) is 20.0 Å². The molecule has 6 nitrogen and oxygen atoms in total. The highest BCUT2D eigenvalue weighted by Gasteiger charge is 2.25. The predicted molar refractivity (Wildman–Crippen MR) is 100.0 cm³/mol. The third-order valence-corrected chi connectivity index (χ3v) is 4.14. The average molecular weight is 348 g/mol. The highest BCUT2D eigenvalue weighted by atomic mass is 16.6. The van der Waals surface area contributed by atoms with Gasteiger partial charge in [-0.1, -0.05) is 48.5 Å². The van der Waals surface area contributed by atoms with Crippen LogP contribution in [-0.2, 0) is 0 Å². The van der Waals surface area contributed by atoms with Crippen LogP contribution in [0.5, 0.6) is 0 Å². The maximum atomic E-state index is 11.5. The minimum atomic E-state index is -1.21. The first-order valence-electron chi connectivity index (χ1n) is 7.89. The summed E-state index contributed by atoms with van der Waals surface area (Å²) in [4.78, 5) is 23.8. The molecule has 3 aromatic carbocycles. The van der Waals surface area contributed by atoms with Gasteiger partial charge >= 0.3 is 5.97 Å². The number of hydrogen-bond donors (Lipinski definition) is 1.